The molecule has 0 saturated carbocycles. The van der Waals surface area contributed by atoms with Gasteiger partial charge < -0.3 is 0 Å². The molecular formula is C12H11Cl2N3. The summed E-state index contributed by atoms with van der Waals surface area (Å²) in [6.45, 7) is 2.15. The van der Waals surface area contributed by atoms with Crippen LogP contribution >= 0.6 is 23.2 Å². The van der Waals surface area contributed by atoms with Gasteiger partial charge in [-0.25, -0.2) is 0 Å². The smallest absolute Gasteiger partial charge is 0.198 e. The average molecular weight is 268 g/mol. The molecule has 0 aliphatic rings. The van der Waals surface area contributed by atoms with E-state index in [1.807, 2.05) is 12.1 Å². The van der Waals surface area contributed by atoms with Gasteiger partial charge in [0.05, 0.1) is 0 Å². The number of aromatic nitrogens is 3. The Morgan fingerprint density at radius 1 is 0.941 bits per heavy atom. The first-order chi connectivity index (χ1) is 8.19. The zero-order chi connectivity index (χ0) is 12.3. The first-order valence-corrected chi connectivity index (χ1v) is 6.11. The molecule has 0 aliphatic carbocycles. The largest absolute Gasteiger partial charge is 0.227 e. The normalized spacial score (nSPS) is 10.5. The molecule has 0 spiro atoms. The van der Waals surface area contributed by atoms with Gasteiger partial charge >= 0.3 is 0 Å². The number of nitrogens with zero attached hydrogens (tertiary/aromatic N) is 3. The summed E-state index contributed by atoms with van der Waals surface area (Å²) in [5, 5.41) is 0.218. The molecule has 3 nitrogen and oxygen atoms in total. The van der Waals surface area contributed by atoms with E-state index in [9.17, 15) is 0 Å². The van der Waals surface area contributed by atoms with E-state index in [-0.39, 0.29) is 10.6 Å². The lowest BCUT2D eigenvalue weighted by Crippen LogP contribution is -1.94. The van der Waals surface area contributed by atoms with Crippen LogP contribution in [-0.2, 0) is 6.42 Å². The van der Waals surface area contributed by atoms with Crippen molar-refractivity contribution in [2.75, 3.05) is 0 Å². The minimum absolute atomic E-state index is 0.109. The van der Waals surface area contributed by atoms with Gasteiger partial charge in [-0.15, -0.1) is 0 Å². The molecule has 88 valence electrons. The van der Waals surface area contributed by atoms with Gasteiger partial charge in [0.15, 0.2) is 5.82 Å². The van der Waals surface area contributed by atoms with E-state index in [2.05, 4.69) is 34.0 Å². The minimum Gasteiger partial charge on any atom is -0.198 e. The first kappa shape index (κ1) is 12.3. The maximum atomic E-state index is 5.73. The second kappa shape index (κ2) is 5.43. The Bertz CT molecular complexity index is 491. The van der Waals surface area contributed by atoms with E-state index in [1.54, 1.807) is 0 Å². The highest BCUT2D eigenvalue weighted by atomic mass is 35.5. The zero-order valence-corrected chi connectivity index (χ0v) is 10.8. The molecule has 2 aromatic rings. The van der Waals surface area contributed by atoms with Gasteiger partial charge in [0.1, 0.15) is 0 Å². The van der Waals surface area contributed by atoms with E-state index in [0.29, 0.717) is 5.82 Å². The lowest BCUT2D eigenvalue weighted by Gasteiger charge is -2.02. The third kappa shape index (κ3) is 3.14. The standard InChI is InChI=1S/C12H11Cl2N3/c1-2-3-8-4-6-9(7-5-8)10-15-11(13)17-12(14)16-10/h4-7H,2-3H2,1H3. The Balaban J connectivity index is 2.32. The molecule has 0 radical (unpaired) electrons. The molecule has 1 heterocycles. The maximum Gasteiger partial charge on any atom is 0.227 e. The van der Waals surface area contributed by atoms with E-state index in [1.165, 1.54) is 5.56 Å². The van der Waals surface area contributed by atoms with Gasteiger partial charge in [-0.2, -0.15) is 15.0 Å². The van der Waals surface area contributed by atoms with Gasteiger partial charge in [0.25, 0.3) is 0 Å². The fourth-order valence-corrected chi connectivity index (χ4v) is 1.93. The van der Waals surface area contributed by atoms with Gasteiger partial charge in [-0.1, -0.05) is 37.6 Å². The van der Waals surface area contributed by atoms with Crippen molar-refractivity contribution in [1.29, 1.82) is 0 Å². The Labute approximate surface area is 110 Å². The lowest BCUT2D eigenvalue weighted by atomic mass is 10.1. The van der Waals surface area contributed by atoms with Crippen LogP contribution in [0.1, 0.15) is 18.9 Å². The fraction of sp³-hybridized carbons (Fsp3) is 0.250. The Hall–Kier alpha value is -1.19. The molecule has 17 heavy (non-hydrogen) atoms. The topological polar surface area (TPSA) is 38.7 Å². The summed E-state index contributed by atoms with van der Waals surface area (Å²) in [5.41, 5.74) is 2.18. The summed E-state index contributed by atoms with van der Waals surface area (Å²) in [6.07, 6.45) is 2.20. The summed E-state index contributed by atoms with van der Waals surface area (Å²) in [7, 11) is 0. The van der Waals surface area contributed by atoms with Gasteiger partial charge in [0.2, 0.25) is 10.6 Å². The molecule has 0 amide bonds. The number of rotatable bonds is 3. The fourth-order valence-electron chi connectivity index (χ4n) is 1.56. The summed E-state index contributed by atoms with van der Waals surface area (Å²) < 4.78 is 0. The van der Waals surface area contributed by atoms with Crippen LogP contribution in [0.2, 0.25) is 10.6 Å². The molecule has 0 atom stereocenters. The lowest BCUT2D eigenvalue weighted by molar-refractivity contribution is 0.922. The number of benzene rings is 1. The van der Waals surface area contributed by atoms with Crippen LogP contribution in [0.3, 0.4) is 0 Å². The molecule has 0 fully saturated rings. The van der Waals surface area contributed by atoms with Crippen LogP contribution in [-0.4, -0.2) is 15.0 Å². The third-order valence-electron chi connectivity index (χ3n) is 2.33. The highest BCUT2D eigenvalue weighted by Crippen LogP contribution is 2.19. The van der Waals surface area contributed by atoms with E-state index in [4.69, 9.17) is 23.2 Å². The maximum absolute atomic E-state index is 5.73. The number of hydrogen-bond acceptors (Lipinski definition) is 3. The molecule has 0 saturated heterocycles. The molecule has 2 rings (SSSR count). The summed E-state index contributed by atoms with van der Waals surface area (Å²) in [4.78, 5) is 11.8. The van der Waals surface area contributed by atoms with Crippen molar-refractivity contribution >= 4 is 23.2 Å². The van der Waals surface area contributed by atoms with Crippen LogP contribution in [0.25, 0.3) is 11.4 Å². The molecule has 5 heteroatoms. The third-order valence-corrected chi connectivity index (χ3v) is 2.67. The second-order valence-corrected chi connectivity index (χ2v) is 4.32. The van der Waals surface area contributed by atoms with Gasteiger partial charge in [-0.05, 0) is 35.2 Å². The van der Waals surface area contributed by atoms with Crippen molar-refractivity contribution in [3.8, 4) is 11.4 Å². The van der Waals surface area contributed by atoms with Gasteiger partial charge in [-0.3, -0.25) is 0 Å². The molecular weight excluding hydrogens is 257 g/mol. The number of aryl methyl sites for hydroxylation is 1. The highest BCUT2D eigenvalue weighted by molar-refractivity contribution is 6.31. The minimum atomic E-state index is 0.109. The SMILES string of the molecule is CCCc1ccc(-c2nc(Cl)nc(Cl)n2)cc1. The second-order valence-electron chi connectivity index (χ2n) is 3.64. The number of halogens is 2. The predicted octanol–water partition coefficient (Wildman–Crippen LogP) is 3.80. The molecule has 0 aliphatic heterocycles. The Kier molecular flexibility index (Phi) is 3.92. The van der Waals surface area contributed by atoms with Crippen molar-refractivity contribution < 1.29 is 0 Å². The van der Waals surface area contributed by atoms with Crippen LogP contribution in [0.15, 0.2) is 24.3 Å². The van der Waals surface area contributed by atoms with Crippen molar-refractivity contribution in [1.82, 2.24) is 15.0 Å². The van der Waals surface area contributed by atoms with Crippen molar-refractivity contribution in [3.05, 3.63) is 40.4 Å². The monoisotopic (exact) mass is 267 g/mol. The summed E-state index contributed by atoms with van der Waals surface area (Å²) in [6, 6.07) is 8.05. The molecule has 1 aromatic heterocycles. The Morgan fingerprint density at radius 3 is 2.06 bits per heavy atom. The highest BCUT2D eigenvalue weighted by Gasteiger charge is 2.05. The summed E-state index contributed by atoms with van der Waals surface area (Å²) >= 11 is 11.5. The van der Waals surface area contributed by atoms with Crippen LogP contribution in [0.4, 0.5) is 0 Å². The van der Waals surface area contributed by atoms with E-state index in [0.717, 1.165) is 18.4 Å². The molecule has 1 aromatic carbocycles. The average Bonchev–Trinajstić information content (AvgIpc) is 2.29. The van der Waals surface area contributed by atoms with E-state index < -0.39 is 0 Å². The number of hydrogen-bond donors (Lipinski definition) is 0. The van der Waals surface area contributed by atoms with Crippen molar-refractivity contribution in [2.24, 2.45) is 0 Å². The Morgan fingerprint density at radius 2 is 1.53 bits per heavy atom. The van der Waals surface area contributed by atoms with Crippen LogP contribution < -0.4 is 0 Å². The van der Waals surface area contributed by atoms with E-state index >= 15 is 0 Å². The van der Waals surface area contributed by atoms with Crippen LogP contribution in [0, 0.1) is 0 Å². The van der Waals surface area contributed by atoms with Crippen molar-refractivity contribution in [3.63, 3.8) is 0 Å². The predicted molar refractivity (Wildman–Crippen MR) is 69.3 cm³/mol. The molecule has 0 unspecified atom stereocenters. The zero-order valence-electron chi connectivity index (χ0n) is 9.32. The molecule has 0 bridgehead atoms. The van der Waals surface area contributed by atoms with Crippen LogP contribution in [0.5, 0.6) is 0 Å². The first-order valence-electron chi connectivity index (χ1n) is 5.35. The quantitative estimate of drug-likeness (QED) is 0.849. The summed E-state index contributed by atoms with van der Waals surface area (Å²) in [5.74, 6) is 0.498. The molecule has 0 N–H and O–H groups in total. The van der Waals surface area contributed by atoms with Crippen molar-refractivity contribution in [2.45, 2.75) is 19.8 Å². The van der Waals surface area contributed by atoms with Gasteiger partial charge in [0, 0.05) is 5.56 Å².